The Morgan fingerprint density at radius 2 is 1.82 bits per heavy atom. The van der Waals surface area contributed by atoms with Crippen molar-refractivity contribution in [3.8, 4) is 24.3 Å². The van der Waals surface area contributed by atoms with Gasteiger partial charge in [-0.25, -0.2) is 4.39 Å². The number of aliphatic hydroxyl groups is 1. The number of carbonyl (C=O) groups excluding carboxylic acids is 2. The predicted molar refractivity (Wildman–Crippen MR) is 131 cm³/mol. The summed E-state index contributed by atoms with van der Waals surface area (Å²) in [7, 11) is 0. The van der Waals surface area contributed by atoms with Crippen LogP contribution in [0.15, 0.2) is 0 Å². The quantitative estimate of drug-likeness (QED) is 0.429. The van der Waals surface area contributed by atoms with E-state index in [0.29, 0.717) is 30.6 Å². The van der Waals surface area contributed by atoms with Gasteiger partial charge >= 0.3 is 0 Å². The van der Waals surface area contributed by atoms with E-state index < -0.39 is 42.3 Å². The molecule has 2 rings (SSSR count). The van der Waals surface area contributed by atoms with E-state index >= 15 is 0 Å². The number of terminal acetylenes is 1. The molecule has 1 aliphatic heterocycles. The Hall–Kier alpha value is -2.79. The molecule has 0 fully saturated rings. The Labute approximate surface area is 203 Å². The van der Waals surface area contributed by atoms with E-state index in [1.54, 1.807) is 27.7 Å². The van der Waals surface area contributed by atoms with Crippen molar-refractivity contribution in [1.82, 2.24) is 10.6 Å². The number of hydrogen-bond donors (Lipinski definition) is 4. The van der Waals surface area contributed by atoms with E-state index in [1.807, 2.05) is 20.8 Å². The zero-order valence-electron chi connectivity index (χ0n) is 22.2. The smallest absolute Gasteiger partial charge is 0.264 e. The van der Waals surface area contributed by atoms with Crippen LogP contribution in [0.1, 0.15) is 64.2 Å². The zero-order valence-corrected chi connectivity index (χ0v) is 21.2. The van der Waals surface area contributed by atoms with E-state index in [2.05, 4.69) is 17.1 Å². The normalized spacial score (nSPS) is 19.7. The summed E-state index contributed by atoms with van der Waals surface area (Å²) in [5.41, 5.74) is 1.94. The lowest BCUT2D eigenvalue weighted by Crippen LogP contribution is -2.59. The van der Waals surface area contributed by atoms with Crippen LogP contribution in [0.4, 0.5) is 4.39 Å². The molecule has 7 nitrogen and oxygen atoms in total. The predicted octanol–water partition coefficient (Wildman–Crippen LogP) is 3.02. The van der Waals surface area contributed by atoms with Gasteiger partial charge < -0.3 is 25.6 Å². The SMILES string of the molecule is CCC(NC(=O)[C@@H](NC(=O)[C@]1(C)CCc2c(C)c(O)c(C)c(C)c2O1)C(C)C)C(O)CF.[2H]C#C. The Balaban J connectivity index is 0.00000194. The van der Waals surface area contributed by atoms with Crippen molar-refractivity contribution in [1.29, 1.82) is 0 Å². The first-order chi connectivity index (χ1) is 16.3. The van der Waals surface area contributed by atoms with Crippen molar-refractivity contribution in [2.45, 2.75) is 91.5 Å². The first kappa shape index (κ1) is 27.5. The summed E-state index contributed by atoms with van der Waals surface area (Å²) in [6.07, 6.45) is 5.77. The van der Waals surface area contributed by atoms with Gasteiger partial charge in [0.15, 0.2) is 5.60 Å². The standard InChI is InChI=1S/C24H37FN2O5.C2H2/c1-8-17(18(28)11-25)26-22(30)19(12(2)3)27-23(31)24(7)10-9-16-15(6)20(29)13(4)14(5)21(16)32-24;1-2/h12,17-19,28-29H,8-11H2,1-7H3,(H,26,30)(H,27,31);1-2H/t17?,18?,19-,24-;/m0./s1/i;1D. The molecule has 1 aromatic rings. The summed E-state index contributed by atoms with van der Waals surface area (Å²) in [5, 5.41) is 25.6. The van der Waals surface area contributed by atoms with Crippen LogP contribution < -0.4 is 15.4 Å². The van der Waals surface area contributed by atoms with Gasteiger partial charge in [-0.1, -0.05) is 20.8 Å². The number of carbonyl (C=O) groups is 2. The molecule has 1 aromatic carbocycles. The van der Waals surface area contributed by atoms with Gasteiger partial charge in [-0.3, -0.25) is 9.59 Å². The van der Waals surface area contributed by atoms with Crippen molar-refractivity contribution in [3.05, 3.63) is 22.3 Å². The number of benzene rings is 1. The number of phenolic OH excluding ortho intramolecular Hbond substituents is 1. The minimum atomic E-state index is -1.30. The lowest BCUT2D eigenvalue weighted by Gasteiger charge is -2.38. The lowest BCUT2D eigenvalue weighted by atomic mass is 9.86. The maximum atomic E-state index is 13.3. The molecule has 1 aliphatic rings. The minimum absolute atomic E-state index is 0.235. The molecular formula is C26H39FN2O5. The monoisotopic (exact) mass is 479 g/mol. The summed E-state index contributed by atoms with van der Waals surface area (Å²) in [5.74, 6) is -0.277. The van der Waals surface area contributed by atoms with Gasteiger partial charge in [-0.2, -0.15) is 0 Å². The number of phenols is 1. The number of ether oxygens (including phenoxy) is 1. The second-order valence-corrected chi connectivity index (χ2v) is 9.30. The van der Waals surface area contributed by atoms with Gasteiger partial charge in [0.2, 0.25) is 5.91 Å². The third kappa shape index (κ3) is 6.01. The molecule has 190 valence electrons. The van der Waals surface area contributed by atoms with Crippen LogP contribution >= 0.6 is 0 Å². The molecule has 34 heavy (non-hydrogen) atoms. The fourth-order valence-corrected chi connectivity index (χ4v) is 4.09. The minimum Gasteiger partial charge on any atom is -0.507 e. The maximum Gasteiger partial charge on any atom is 0.264 e. The van der Waals surface area contributed by atoms with E-state index in [4.69, 9.17) is 6.11 Å². The molecule has 8 heteroatoms. The number of aromatic hydroxyl groups is 1. The topological polar surface area (TPSA) is 108 Å². The highest BCUT2D eigenvalue weighted by Gasteiger charge is 2.42. The van der Waals surface area contributed by atoms with E-state index in [0.717, 1.165) is 16.7 Å². The van der Waals surface area contributed by atoms with Gasteiger partial charge in [-0.15, -0.1) is 12.8 Å². The highest BCUT2D eigenvalue weighted by atomic mass is 19.1. The molecule has 1 heterocycles. The van der Waals surface area contributed by atoms with Crippen molar-refractivity contribution in [2.24, 2.45) is 5.92 Å². The molecule has 4 atom stereocenters. The second-order valence-electron chi connectivity index (χ2n) is 9.30. The van der Waals surface area contributed by atoms with Crippen LogP contribution in [-0.2, 0) is 16.0 Å². The van der Waals surface area contributed by atoms with E-state index in [-0.39, 0.29) is 11.7 Å². The number of amides is 2. The molecule has 0 aromatic heterocycles. The van der Waals surface area contributed by atoms with Crippen LogP contribution in [0.25, 0.3) is 0 Å². The number of alkyl halides is 1. The molecule has 0 spiro atoms. The highest BCUT2D eigenvalue weighted by Crippen LogP contribution is 2.43. The summed E-state index contributed by atoms with van der Waals surface area (Å²) < 4.78 is 24.8. The average molecular weight is 480 g/mol. The molecule has 2 amide bonds. The molecule has 4 N–H and O–H groups in total. The third-order valence-electron chi connectivity index (χ3n) is 6.63. The fraction of sp³-hybridized carbons (Fsp3) is 0.615. The second kappa shape index (κ2) is 12.1. The number of hydrogen-bond acceptors (Lipinski definition) is 5. The van der Waals surface area contributed by atoms with Gasteiger partial charge in [0.1, 0.15) is 31.7 Å². The summed E-state index contributed by atoms with van der Waals surface area (Å²) in [4.78, 5) is 26.1. The first-order valence-corrected chi connectivity index (χ1v) is 11.5. The lowest BCUT2D eigenvalue weighted by molar-refractivity contribution is -0.141. The maximum absolute atomic E-state index is 13.3. The summed E-state index contributed by atoms with van der Waals surface area (Å²) >= 11 is 0. The van der Waals surface area contributed by atoms with Crippen LogP contribution in [0.5, 0.6) is 11.5 Å². The van der Waals surface area contributed by atoms with Crippen LogP contribution in [0, 0.1) is 39.5 Å². The Morgan fingerprint density at radius 3 is 2.32 bits per heavy atom. The third-order valence-corrected chi connectivity index (χ3v) is 6.63. The van der Waals surface area contributed by atoms with Crippen LogP contribution in [0.2, 0.25) is 0 Å². The van der Waals surface area contributed by atoms with Crippen LogP contribution in [0.3, 0.4) is 0 Å². The Bertz CT molecular complexity index is 962. The molecule has 0 saturated heterocycles. The van der Waals surface area contributed by atoms with Gasteiger partial charge in [0.25, 0.3) is 5.91 Å². The molecule has 0 bridgehead atoms. The zero-order chi connectivity index (χ0) is 27.1. The molecular weight excluding hydrogens is 439 g/mol. The van der Waals surface area contributed by atoms with E-state index in [1.165, 1.54) is 6.40 Å². The van der Waals surface area contributed by atoms with Gasteiger partial charge in [0.05, 0.1) is 6.04 Å². The number of nitrogens with one attached hydrogen (secondary N) is 2. The van der Waals surface area contributed by atoms with Crippen molar-refractivity contribution < 1.29 is 30.3 Å². The average Bonchev–Trinajstić information content (AvgIpc) is 2.82. The molecule has 0 radical (unpaired) electrons. The number of fused-ring (bicyclic) bond motifs is 1. The van der Waals surface area contributed by atoms with Gasteiger partial charge in [-0.05, 0) is 63.1 Å². The van der Waals surface area contributed by atoms with Crippen molar-refractivity contribution in [2.75, 3.05) is 6.67 Å². The Kier molecular flexibility index (Phi) is 9.75. The largest absolute Gasteiger partial charge is 0.507 e. The molecule has 2 unspecified atom stereocenters. The van der Waals surface area contributed by atoms with Crippen molar-refractivity contribution in [3.63, 3.8) is 0 Å². The first-order valence-electron chi connectivity index (χ1n) is 12.0. The number of aliphatic hydroxyl groups excluding tert-OH is 1. The highest BCUT2D eigenvalue weighted by molar-refractivity contribution is 5.92. The molecule has 0 aliphatic carbocycles. The summed E-state index contributed by atoms with van der Waals surface area (Å²) in [6, 6.07) is -1.60. The van der Waals surface area contributed by atoms with E-state index in [9.17, 15) is 24.2 Å². The van der Waals surface area contributed by atoms with Crippen LogP contribution in [-0.4, -0.2) is 52.5 Å². The number of rotatable bonds is 8. The fourth-order valence-electron chi connectivity index (χ4n) is 4.09. The van der Waals surface area contributed by atoms with Crippen molar-refractivity contribution >= 4 is 11.8 Å². The van der Waals surface area contributed by atoms with Gasteiger partial charge in [0, 0.05) is 12.0 Å². The summed E-state index contributed by atoms with van der Waals surface area (Å²) in [6.45, 7) is 11.6. The number of halogens is 1. The molecule has 0 saturated carbocycles. The Morgan fingerprint density at radius 1 is 1.24 bits per heavy atom.